The van der Waals surface area contributed by atoms with Crippen LogP contribution in [0.2, 0.25) is 0 Å². The summed E-state index contributed by atoms with van der Waals surface area (Å²) in [6, 6.07) is 10.2. The van der Waals surface area contributed by atoms with E-state index in [-0.39, 0.29) is 5.92 Å². The maximum Gasteiger partial charge on any atom is 0.117 e. The van der Waals surface area contributed by atoms with Crippen molar-refractivity contribution in [3.8, 4) is 6.07 Å². The van der Waals surface area contributed by atoms with Crippen LogP contribution in [0.5, 0.6) is 0 Å². The third-order valence-electron chi connectivity index (χ3n) is 2.27. The molecule has 0 saturated carbocycles. The molecule has 0 spiro atoms. The van der Waals surface area contributed by atoms with Gasteiger partial charge in [0.2, 0.25) is 0 Å². The number of benzene rings is 1. The molecule has 0 amide bonds. The number of hydrogen-bond acceptors (Lipinski definition) is 3. The Bertz CT molecular complexity index is 479. The van der Waals surface area contributed by atoms with E-state index in [0.717, 1.165) is 28.4 Å². The lowest BCUT2D eigenvalue weighted by molar-refractivity contribution is 0.863. The van der Waals surface area contributed by atoms with Crippen molar-refractivity contribution in [3.63, 3.8) is 0 Å². The summed E-state index contributed by atoms with van der Waals surface area (Å²) >= 11 is 1.74. The third kappa shape index (κ3) is 2.56. The standard InChI is InChI=1S/C12H13N3S/c1-9(6-13)7-16-8-12-14-10-4-2-3-5-11(10)15-12/h2-5,9H,7-8H2,1H3,(H,14,15). The molecule has 82 valence electrons. The van der Waals surface area contributed by atoms with Gasteiger partial charge in [0.15, 0.2) is 0 Å². The summed E-state index contributed by atoms with van der Waals surface area (Å²) in [7, 11) is 0. The minimum atomic E-state index is 0.106. The first-order chi connectivity index (χ1) is 7.79. The monoisotopic (exact) mass is 231 g/mol. The molecule has 1 aromatic carbocycles. The Kier molecular flexibility index (Phi) is 3.47. The average molecular weight is 231 g/mol. The Morgan fingerprint density at radius 3 is 3.06 bits per heavy atom. The number of nitrogens with zero attached hydrogens (tertiary/aromatic N) is 2. The second-order valence-corrected chi connectivity index (χ2v) is 4.78. The molecule has 1 heterocycles. The SMILES string of the molecule is CC(C#N)CSCc1nc2ccccc2[nH]1. The summed E-state index contributed by atoms with van der Waals surface area (Å²) in [6.07, 6.45) is 0. The third-order valence-corrected chi connectivity index (χ3v) is 3.48. The topological polar surface area (TPSA) is 52.5 Å². The predicted octanol–water partition coefficient (Wildman–Crippen LogP) is 2.96. The van der Waals surface area contributed by atoms with Crippen LogP contribution in [-0.2, 0) is 5.75 Å². The van der Waals surface area contributed by atoms with Crippen molar-refractivity contribution >= 4 is 22.8 Å². The van der Waals surface area contributed by atoms with Crippen molar-refractivity contribution in [2.75, 3.05) is 5.75 Å². The van der Waals surface area contributed by atoms with E-state index < -0.39 is 0 Å². The summed E-state index contributed by atoms with van der Waals surface area (Å²) in [4.78, 5) is 7.75. The van der Waals surface area contributed by atoms with Crippen molar-refractivity contribution < 1.29 is 0 Å². The maximum absolute atomic E-state index is 8.66. The zero-order valence-electron chi connectivity index (χ0n) is 9.10. The Morgan fingerprint density at radius 1 is 1.50 bits per heavy atom. The summed E-state index contributed by atoms with van der Waals surface area (Å²) < 4.78 is 0. The van der Waals surface area contributed by atoms with Gasteiger partial charge in [-0.3, -0.25) is 0 Å². The predicted molar refractivity (Wildman–Crippen MR) is 67.0 cm³/mol. The Labute approximate surface area is 98.9 Å². The van der Waals surface area contributed by atoms with E-state index in [1.54, 1.807) is 11.8 Å². The summed E-state index contributed by atoms with van der Waals surface area (Å²) in [6.45, 7) is 1.94. The minimum absolute atomic E-state index is 0.106. The minimum Gasteiger partial charge on any atom is -0.341 e. The van der Waals surface area contributed by atoms with Crippen LogP contribution in [0.25, 0.3) is 11.0 Å². The maximum atomic E-state index is 8.66. The van der Waals surface area contributed by atoms with E-state index in [9.17, 15) is 0 Å². The van der Waals surface area contributed by atoms with Gasteiger partial charge in [-0.2, -0.15) is 17.0 Å². The van der Waals surface area contributed by atoms with Crippen molar-refractivity contribution in [2.24, 2.45) is 5.92 Å². The van der Waals surface area contributed by atoms with Crippen LogP contribution >= 0.6 is 11.8 Å². The molecule has 1 atom stereocenters. The number of aromatic nitrogens is 2. The van der Waals surface area contributed by atoms with Gasteiger partial charge in [0.1, 0.15) is 5.82 Å². The fourth-order valence-electron chi connectivity index (χ4n) is 1.44. The van der Waals surface area contributed by atoms with Crippen LogP contribution < -0.4 is 0 Å². The first-order valence-electron chi connectivity index (χ1n) is 5.20. The highest BCUT2D eigenvalue weighted by Gasteiger charge is 2.04. The fourth-order valence-corrected chi connectivity index (χ4v) is 2.32. The number of nitrogens with one attached hydrogen (secondary N) is 1. The molecular formula is C12H13N3S. The number of imidazole rings is 1. The highest BCUT2D eigenvalue weighted by molar-refractivity contribution is 7.98. The highest BCUT2D eigenvalue weighted by Crippen LogP contribution is 2.16. The Morgan fingerprint density at radius 2 is 2.31 bits per heavy atom. The van der Waals surface area contributed by atoms with Crippen LogP contribution in [0.1, 0.15) is 12.7 Å². The lowest BCUT2D eigenvalue weighted by atomic mass is 10.3. The summed E-state index contributed by atoms with van der Waals surface area (Å²) in [5.41, 5.74) is 2.08. The number of fused-ring (bicyclic) bond motifs is 1. The zero-order chi connectivity index (χ0) is 11.4. The molecule has 0 aliphatic heterocycles. The van der Waals surface area contributed by atoms with Gasteiger partial charge in [-0.1, -0.05) is 12.1 Å². The second-order valence-electron chi connectivity index (χ2n) is 3.75. The molecule has 0 saturated heterocycles. The van der Waals surface area contributed by atoms with Crippen molar-refractivity contribution in [1.29, 1.82) is 5.26 Å². The quantitative estimate of drug-likeness (QED) is 0.880. The molecule has 4 heteroatoms. The Balaban J connectivity index is 1.97. The van der Waals surface area contributed by atoms with Gasteiger partial charge in [-0.15, -0.1) is 0 Å². The molecule has 0 aliphatic rings. The first-order valence-corrected chi connectivity index (χ1v) is 6.36. The lowest BCUT2D eigenvalue weighted by Gasteiger charge is -1.99. The van der Waals surface area contributed by atoms with E-state index in [1.165, 1.54) is 0 Å². The first kappa shape index (κ1) is 11.0. The normalized spacial score (nSPS) is 12.5. The molecule has 0 bridgehead atoms. The van der Waals surface area contributed by atoms with E-state index in [0.29, 0.717) is 0 Å². The number of H-pyrrole nitrogens is 1. The van der Waals surface area contributed by atoms with Gasteiger partial charge in [0.25, 0.3) is 0 Å². The zero-order valence-corrected chi connectivity index (χ0v) is 9.92. The largest absolute Gasteiger partial charge is 0.341 e. The van der Waals surface area contributed by atoms with Gasteiger partial charge in [-0.05, 0) is 19.1 Å². The van der Waals surface area contributed by atoms with Gasteiger partial charge in [0, 0.05) is 5.75 Å². The molecule has 0 aliphatic carbocycles. The van der Waals surface area contributed by atoms with Gasteiger partial charge in [-0.25, -0.2) is 4.98 Å². The van der Waals surface area contributed by atoms with E-state index in [4.69, 9.17) is 5.26 Å². The number of aromatic amines is 1. The summed E-state index contributed by atoms with van der Waals surface area (Å²) in [5, 5.41) is 8.66. The molecule has 0 radical (unpaired) electrons. The van der Waals surface area contributed by atoms with Crippen LogP contribution in [0.3, 0.4) is 0 Å². The molecular weight excluding hydrogens is 218 g/mol. The molecule has 1 aromatic heterocycles. The molecule has 2 rings (SSSR count). The summed E-state index contributed by atoms with van der Waals surface area (Å²) in [5.74, 6) is 2.78. The molecule has 0 fully saturated rings. The number of hydrogen-bond donors (Lipinski definition) is 1. The van der Waals surface area contributed by atoms with Crippen LogP contribution in [0, 0.1) is 17.2 Å². The molecule has 3 nitrogen and oxygen atoms in total. The molecule has 2 aromatic rings. The second kappa shape index (κ2) is 5.04. The van der Waals surface area contributed by atoms with Gasteiger partial charge in [0.05, 0.1) is 28.8 Å². The van der Waals surface area contributed by atoms with Crippen LogP contribution in [0.15, 0.2) is 24.3 Å². The van der Waals surface area contributed by atoms with Gasteiger partial charge >= 0.3 is 0 Å². The van der Waals surface area contributed by atoms with Gasteiger partial charge < -0.3 is 4.98 Å². The molecule has 16 heavy (non-hydrogen) atoms. The number of thioether (sulfide) groups is 1. The number of nitriles is 1. The Hall–Kier alpha value is -1.47. The lowest BCUT2D eigenvalue weighted by Crippen LogP contribution is -1.94. The van der Waals surface area contributed by atoms with E-state index >= 15 is 0 Å². The van der Waals surface area contributed by atoms with E-state index in [1.807, 2.05) is 31.2 Å². The number of rotatable bonds is 4. The van der Waals surface area contributed by atoms with Crippen LogP contribution in [0.4, 0.5) is 0 Å². The van der Waals surface area contributed by atoms with Crippen LogP contribution in [-0.4, -0.2) is 15.7 Å². The van der Waals surface area contributed by atoms with Crippen molar-refractivity contribution in [2.45, 2.75) is 12.7 Å². The van der Waals surface area contributed by atoms with E-state index in [2.05, 4.69) is 16.0 Å². The average Bonchev–Trinajstić information content (AvgIpc) is 2.71. The van der Waals surface area contributed by atoms with Crippen molar-refractivity contribution in [1.82, 2.24) is 9.97 Å². The molecule has 1 N–H and O–H groups in total. The number of para-hydroxylation sites is 2. The highest BCUT2D eigenvalue weighted by atomic mass is 32.2. The molecule has 1 unspecified atom stereocenters. The fraction of sp³-hybridized carbons (Fsp3) is 0.333. The van der Waals surface area contributed by atoms with Crippen molar-refractivity contribution in [3.05, 3.63) is 30.1 Å². The smallest absolute Gasteiger partial charge is 0.117 e.